The van der Waals surface area contributed by atoms with E-state index < -0.39 is 5.25 Å². The van der Waals surface area contributed by atoms with E-state index in [9.17, 15) is 9.59 Å². The summed E-state index contributed by atoms with van der Waals surface area (Å²) in [5, 5.41) is 7.14. The maximum atomic E-state index is 13.2. The summed E-state index contributed by atoms with van der Waals surface area (Å²) in [5.74, 6) is 0.0660. The number of nitrogens with one attached hydrogen (secondary N) is 1. The molecule has 1 unspecified atom stereocenters. The first-order chi connectivity index (χ1) is 14.9. The van der Waals surface area contributed by atoms with Crippen LogP contribution in [-0.2, 0) is 11.3 Å². The molecule has 0 saturated heterocycles. The van der Waals surface area contributed by atoms with Crippen LogP contribution in [0, 0.1) is 6.92 Å². The second-order valence-corrected chi connectivity index (χ2v) is 8.64. The Kier molecular flexibility index (Phi) is 7.86. The minimum Gasteiger partial charge on any atom is -0.338 e. The average molecular weight is 444 g/mol. The standard InChI is InChI=1S/C22H29N5O3S/c1-5-26(6-2)12-9-13-27-21(29)17-10-7-8-11-18(17)23-22(27)31-16(4)20(28)24-19-14-15(3)25-30-19/h7-8,10-11,14,16H,5-6,9,12-13H2,1-4H3,(H,24,28). The Morgan fingerprint density at radius 3 is 2.71 bits per heavy atom. The maximum absolute atomic E-state index is 13.2. The quantitative estimate of drug-likeness (QED) is 0.378. The van der Waals surface area contributed by atoms with Crippen molar-refractivity contribution in [3.05, 3.63) is 46.4 Å². The molecule has 1 amide bonds. The van der Waals surface area contributed by atoms with Crippen LogP contribution in [-0.4, -0.2) is 50.4 Å². The number of para-hydroxylation sites is 1. The molecule has 8 nitrogen and oxygen atoms in total. The highest BCUT2D eigenvalue weighted by atomic mass is 32.2. The monoisotopic (exact) mass is 443 g/mol. The van der Waals surface area contributed by atoms with Crippen LogP contribution in [0.25, 0.3) is 10.9 Å². The number of thioether (sulfide) groups is 1. The van der Waals surface area contributed by atoms with Crippen molar-refractivity contribution in [2.75, 3.05) is 25.0 Å². The summed E-state index contributed by atoms with van der Waals surface area (Å²) in [6.07, 6.45) is 0.826. The van der Waals surface area contributed by atoms with Gasteiger partial charge in [-0.05, 0) is 52.0 Å². The number of benzene rings is 1. The lowest BCUT2D eigenvalue weighted by Crippen LogP contribution is -2.29. The van der Waals surface area contributed by atoms with Gasteiger partial charge in [0, 0.05) is 12.6 Å². The van der Waals surface area contributed by atoms with Crippen LogP contribution < -0.4 is 10.9 Å². The van der Waals surface area contributed by atoms with Crippen molar-refractivity contribution < 1.29 is 9.32 Å². The summed E-state index contributed by atoms with van der Waals surface area (Å²) >= 11 is 1.27. The zero-order valence-electron chi connectivity index (χ0n) is 18.4. The van der Waals surface area contributed by atoms with E-state index in [2.05, 4.69) is 29.2 Å². The van der Waals surface area contributed by atoms with Crippen LogP contribution in [0.15, 0.2) is 44.8 Å². The number of amides is 1. The SMILES string of the molecule is CCN(CC)CCCn1c(SC(C)C(=O)Nc2cc(C)no2)nc2ccccc2c1=O. The number of anilines is 1. The van der Waals surface area contributed by atoms with Crippen molar-refractivity contribution in [2.24, 2.45) is 0 Å². The van der Waals surface area contributed by atoms with Crippen molar-refractivity contribution in [1.82, 2.24) is 19.6 Å². The first-order valence-electron chi connectivity index (χ1n) is 10.6. The smallest absolute Gasteiger partial charge is 0.262 e. The van der Waals surface area contributed by atoms with Gasteiger partial charge >= 0.3 is 0 Å². The van der Waals surface area contributed by atoms with Gasteiger partial charge in [-0.25, -0.2) is 4.98 Å². The molecular formula is C22H29N5O3S. The Morgan fingerprint density at radius 1 is 1.29 bits per heavy atom. The van der Waals surface area contributed by atoms with Gasteiger partial charge in [0.15, 0.2) is 5.16 Å². The van der Waals surface area contributed by atoms with Crippen LogP contribution >= 0.6 is 11.8 Å². The fraction of sp³-hybridized carbons (Fsp3) is 0.455. The van der Waals surface area contributed by atoms with E-state index in [1.807, 2.05) is 18.2 Å². The number of aromatic nitrogens is 3. The number of rotatable bonds is 10. The molecule has 0 bridgehead atoms. The van der Waals surface area contributed by atoms with Crippen molar-refractivity contribution in [3.63, 3.8) is 0 Å². The van der Waals surface area contributed by atoms with Gasteiger partial charge in [-0.3, -0.25) is 19.5 Å². The molecule has 3 rings (SSSR count). The van der Waals surface area contributed by atoms with Gasteiger partial charge in [0.25, 0.3) is 5.56 Å². The number of carbonyl (C=O) groups is 1. The van der Waals surface area contributed by atoms with E-state index in [4.69, 9.17) is 9.51 Å². The van der Waals surface area contributed by atoms with Gasteiger partial charge in [-0.15, -0.1) is 0 Å². The minimum absolute atomic E-state index is 0.0777. The van der Waals surface area contributed by atoms with E-state index in [1.165, 1.54) is 11.8 Å². The fourth-order valence-corrected chi connectivity index (χ4v) is 4.22. The van der Waals surface area contributed by atoms with Crippen LogP contribution in [0.3, 0.4) is 0 Å². The molecule has 1 N–H and O–H groups in total. The summed E-state index contributed by atoms with van der Waals surface area (Å²) in [6.45, 7) is 11.2. The Hall–Kier alpha value is -2.65. The number of hydrogen-bond donors (Lipinski definition) is 1. The van der Waals surface area contributed by atoms with Crippen molar-refractivity contribution in [1.29, 1.82) is 0 Å². The van der Waals surface area contributed by atoms with E-state index in [0.29, 0.717) is 34.2 Å². The van der Waals surface area contributed by atoms with Gasteiger partial charge in [-0.1, -0.05) is 42.9 Å². The first-order valence-corrected chi connectivity index (χ1v) is 11.4. The van der Waals surface area contributed by atoms with Gasteiger partial charge < -0.3 is 9.42 Å². The zero-order valence-corrected chi connectivity index (χ0v) is 19.2. The highest BCUT2D eigenvalue weighted by molar-refractivity contribution is 8.00. The molecule has 0 spiro atoms. The third-order valence-electron chi connectivity index (χ3n) is 5.10. The lowest BCUT2D eigenvalue weighted by Gasteiger charge is -2.19. The second-order valence-electron chi connectivity index (χ2n) is 7.33. The molecule has 0 aliphatic rings. The molecule has 31 heavy (non-hydrogen) atoms. The predicted octanol–water partition coefficient (Wildman–Crippen LogP) is 3.54. The van der Waals surface area contributed by atoms with Crippen LogP contribution in [0.1, 0.15) is 32.9 Å². The normalized spacial score (nSPS) is 12.4. The lowest BCUT2D eigenvalue weighted by molar-refractivity contribution is -0.115. The third-order valence-corrected chi connectivity index (χ3v) is 6.19. The number of nitrogens with zero attached hydrogens (tertiary/aromatic N) is 4. The largest absolute Gasteiger partial charge is 0.338 e. The molecule has 0 saturated carbocycles. The fourth-order valence-electron chi connectivity index (χ4n) is 3.28. The number of hydrogen-bond acceptors (Lipinski definition) is 7. The molecule has 9 heteroatoms. The van der Waals surface area contributed by atoms with Crippen molar-refractivity contribution in [2.45, 2.75) is 51.1 Å². The van der Waals surface area contributed by atoms with Gasteiger partial charge in [0.05, 0.1) is 21.8 Å². The molecule has 166 valence electrons. The Morgan fingerprint density at radius 2 is 2.03 bits per heavy atom. The Balaban J connectivity index is 1.83. The molecule has 0 radical (unpaired) electrons. The van der Waals surface area contributed by atoms with Crippen molar-refractivity contribution in [3.8, 4) is 0 Å². The van der Waals surface area contributed by atoms with E-state index in [-0.39, 0.29) is 11.5 Å². The molecular weight excluding hydrogens is 414 g/mol. The molecule has 2 aromatic heterocycles. The topological polar surface area (TPSA) is 93.3 Å². The summed E-state index contributed by atoms with van der Waals surface area (Å²) in [5.41, 5.74) is 1.24. The maximum Gasteiger partial charge on any atom is 0.262 e. The molecule has 0 aliphatic carbocycles. The minimum atomic E-state index is -0.479. The summed E-state index contributed by atoms with van der Waals surface area (Å²) in [4.78, 5) is 32.8. The van der Waals surface area contributed by atoms with Crippen LogP contribution in [0.4, 0.5) is 5.88 Å². The van der Waals surface area contributed by atoms with Gasteiger partial charge in [-0.2, -0.15) is 0 Å². The van der Waals surface area contributed by atoms with Crippen LogP contribution in [0.2, 0.25) is 0 Å². The predicted molar refractivity (Wildman–Crippen MR) is 124 cm³/mol. The third kappa shape index (κ3) is 5.74. The average Bonchev–Trinajstić information content (AvgIpc) is 3.17. The second kappa shape index (κ2) is 10.6. The van der Waals surface area contributed by atoms with E-state index in [1.54, 1.807) is 30.5 Å². The van der Waals surface area contributed by atoms with Gasteiger partial charge in [0.2, 0.25) is 11.8 Å². The Bertz CT molecular complexity index is 1090. The molecule has 3 aromatic rings. The van der Waals surface area contributed by atoms with E-state index in [0.717, 1.165) is 26.1 Å². The summed E-state index contributed by atoms with van der Waals surface area (Å²) < 4.78 is 6.76. The van der Waals surface area contributed by atoms with E-state index >= 15 is 0 Å². The number of carbonyl (C=O) groups excluding carboxylic acids is 1. The molecule has 0 fully saturated rings. The highest BCUT2D eigenvalue weighted by Crippen LogP contribution is 2.24. The molecule has 2 heterocycles. The Labute approximate surface area is 186 Å². The lowest BCUT2D eigenvalue weighted by atomic mass is 10.2. The van der Waals surface area contributed by atoms with Gasteiger partial charge in [0.1, 0.15) is 0 Å². The highest BCUT2D eigenvalue weighted by Gasteiger charge is 2.20. The number of fused-ring (bicyclic) bond motifs is 1. The summed E-state index contributed by atoms with van der Waals surface area (Å²) in [7, 11) is 0. The first kappa shape index (κ1) is 23.0. The van der Waals surface area contributed by atoms with Crippen molar-refractivity contribution >= 4 is 34.5 Å². The zero-order chi connectivity index (χ0) is 22.4. The van der Waals surface area contributed by atoms with Crippen LogP contribution in [0.5, 0.6) is 0 Å². The molecule has 0 aliphatic heterocycles. The molecule has 1 atom stereocenters. The number of aryl methyl sites for hydroxylation is 1. The summed E-state index contributed by atoms with van der Waals surface area (Å²) in [6, 6.07) is 8.97. The molecule has 1 aromatic carbocycles.